The standard InChI is InChI=1S/C19H22N4O2/c1-23(2)17(13-8-10-14(25-3)11-9-13)12-20-19(24)18-15-6-4-5-7-16(15)21-22-18/h4-11,17H,12H2,1-3H3,(H,20,24)(H,21,22). The van der Waals surface area contributed by atoms with E-state index >= 15 is 0 Å². The second-order valence-corrected chi connectivity index (χ2v) is 6.08. The van der Waals surface area contributed by atoms with E-state index in [9.17, 15) is 4.79 Å². The first-order valence-electron chi connectivity index (χ1n) is 8.12. The van der Waals surface area contributed by atoms with Gasteiger partial charge >= 0.3 is 0 Å². The number of amides is 1. The Bertz CT molecular complexity index is 855. The number of carbonyl (C=O) groups is 1. The van der Waals surface area contributed by atoms with E-state index in [4.69, 9.17) is 4.74 Å². The van der Waals surface area contributed by atoms with Gasteiger partial charge in [0.2, 0.25) is 0 Å². The van der Waals surface area contributed by atoms with Gasteiger partial charge in [0.15, 0.2) is 5.69 Å². The van der Waals surface area contributed by atoms with Crippen molar-refractivity contribution in [3.8, 4) is 5.75 Å². The summed E-state index contributed by atoms with van der Waals surface area (Å²) in [6.45, 7) is 0.485. The monoisotopic (exact) mass is 338 g/mol. The number of H-pyrrole nitrogens is 1. The molecule has 2 aromatic carbocycles. The Hall–Kier alpha value is -2.86. The fraction of sp³-hybridized carbons (Fsp3) is 0.263. The predicted molar refractivity (Wildman–Crippen MR) is 97.8 cm³/mol. The van der Waals surface area contributed by atoms with Gasteiger partial charge in [-0.05, 0) is 37.9 Å². The summed E-state index contributed by atoms with van der Waals surface area (Å²) < 4.78 is 5.20. The molecule has 1 unspecified atom stereocenters. The highest BCUT2D eigenvalue weighted by atomic mass is 16.5. The van der Waals surface area contributed by atoms with Gasteiger partial charge in [-0.15, -0.1) is 0 Å². The molecule has 0 saturated heterocycles. The number of likely N-dealkylation sites (N-methyl/N-ethyl adjacent to an activating group) is 1. The Morgan fingerprint density at radius 1 is 1.20 bits per heavy atom. The molecule has 0 aliphatic carbocycles. The number of hydrogen-bond donors (Lipinski definition) is 2. The van der Waals surface area contributed by atoms with Crippen LogP contribution < -0.4 is 10.1 Å². The molecule has 2 N–H and O–H groups in total. The van der Waals surface area contributed by atoms with Gasteiger partial charge in [0, 0.05) is 11.9 Å². The Morgan fingerprint density at radius 2 is 1.92 bits per heavy atom. The molecule has 0 saturated carbocycles. The van der Waals surface area contributed by atoms with Crippen molar-refractivity contribution in [3.63, 3.8) is 0 Å². The SMILES string of the molecule is COc1ccc(C(CNC(=O)c2n[nH]c3ccccc23)N(C)C)cc1. The van der Waals surface area contributed by atoms with Crippen LogP contribution in [0.5, 0.6) is 5.75 Å². The van der Waals surface area contributed by atoms with Crippen LogP contribution in [0.2, 0.25) is 0 Å². The molecule has 130 valence electrons. The zero-order chi connectivity index (χ0) is 17.8. The van der Waals surface area contributed by atoms with Crippen LogP contribution in [0.25, 0.3) is 10.9 Å². The van der Waals surface area contributed by atoms with Gasteiger partial charge in [0.1, 0.15) is 5.75 Å². The summed E-state index contributed by atoms with van der Waals surface area (Å²) in [6, 6.07) is 15.5. The van der Waals surface area contributed by atoms with E-state index < -0.39 is 0 Å². The van der Waals surface area contributed by atoms with Crippen molar-refractivity contribution in [2.75, 3.05) is 27.7 Å². The largest absolute Gasteiger partial charge is 0.497 e. The number of carbonyl (C=O) groups excluding carboxylic acids is 1. The molecular weight excluding hydrogens is 316 g/mol. The molecule has 6 nitrogen and oxygen atoms in total. The minimum Gasteiger partial charge on any atom is -0.497 e. The number of aromatic amines is 1. The summed E-state index contributed by atoms with van der Waals surface area (Å²) in [5, 5.41) is 10.9. The van der Waals surface area contributed by atoms with Crippen molar-refractivity contribution in [2.45, 2.75) is 6.04 Å². The van der Waals surface area contributed by atoms with E-state index in [0.29, 0.717) is 12.2 Å². The smallest absolute Gasteiger partial charge is 0.272 e. The minimum absolute atomic E-state index is 0.0556. The summed E-state index contributed by atoms with van der Waals surface area (Å²) in [5.41, 5.74) is 2.38. The Morgan fingerprint density at radius 3 is 2.60 bits per heavy atom. The molecular formula is C19H22N4O2. The van der Waals surface area contributed by atoms with Gasteiger partial charge in [-0.2, -0.15) is 5.10 Å². The van der Waals surface area contributed by atoms with Gasteiger partial charge in [0.05, 0.1) is 18.7 Å². The van der Waals surface area contributed by atoms with Gasteiger partial charge in [-0.25, -0.2) is 0 Å². The molecule has 0 aliphatic heterocycles. The number of rotatable bonds is 6. The van der Waals surface area contributed by atoms with Crippen molar-refractivity contribution in [1.82, 2.24) is 20.4 Å². The lowest BCUT2D eigenvalue weighted by Crippen LogP contribution is -2.34. The second-order valence-electron chi connectivity index (χ2n) is 6.08. The van der Waals surface area contributed by atoms with Gasteiger partial charge in [-0.3, -0.25) is 9.89 Å². The first-order chi connectivity index (χ1) is 12.1. The first kappa shape index (κ1) is 17.0. The molecule has 0 fully saturated rings. The number of nitrogens with one attached hydrogen (secondary N) is 2. The zero-order valence-electron chi connectivity index (χ0n) is 14.6. The molecule has 0 radical (unpaired) electrons. The summed E-state index contributed by atoms with van der Waals surface area (Å²) in [6.07, 6.45) is 0. The molecule has 3 rings (SSSR count). The van der Waals surface area contributed by atoms with E-state index in [2.05, 4.69) is 20.4 Å². The van der Waals surface area contributed by atoms with E-state index in [0.717, 1.165) is 22.2 Å². The fourth-order valence-electron chi connectivity index (χ4n) is 2.83. The molecule has 1 aromatic heterocycles. The third kappa shape index (κ3) is 3.64. The number of nitrogens with zero attached hydrogens (tertiary/aromatic N) is 2. The number of methoxy groups -OCH3 is 1. The number of aromatic nitrogens is 2. The Kier molecular flexibility index (Phi) is 5.00. The molecule has 6 heteroatoms. The maximum Gasteiger partial charge on any atom is 0.272 e. The number of ether oxygens (including phenoxy) is 1. The number of benzene rings is 2. The average Bonchev–Trinajstić information content (AvgIpc) is 3.06. The first-order valence-corrected chi connectivity index (χ1v) is 8.12. The number of fused-ring (bicyclic) bond motifs is 1. The van der Waals surface area contributed by atoms with Crippen LogP contribution in [0.4, 0.5) is 0 Å². The topological polar surface area (TPSA) is 70.2 Å². The average molecular weight is 338 g/mol. The Labute approximate surface area is 146 Å². The summed E-state index contributed by atoms with van der Waals surface area (Å²) >= 11 is 0. The van der Waals surface area contributed by atoms with Gasteiger partial charge in [0.25, 0.3) is 5.91 Å². The molecule has 0 spiro atoms. The van der Waals surface area contributed by atoms with Crippen molar-refractivity contribution in [3.05, 3.63) is 59.8 Å². The second kappa shape index (κ2) is 7.36. The normalized spacial score (nSPS) is 12.3. The van der Waals surface area contributed by atoms with Crippen LogP contribution in [0.15, 0.2) is 48.5 Å². The molecule has 1 atom stereocenters. The van der Waals surface area contributed by atoms with Crippen molar-refractivity contribution in [2.24, 2.45) is 0 Å². The molecule has 1 heterocycles. The van der Waals surface area contributed by atoms with E-state index in [-0.39, 0.29) is 11.9 Å². The van der Waals surface area contributed by atoms with Crippen LogP contribution in [0.1, 0.15) is 22.1 Å². The van der Waals surface area contributed by atoms with Crippen molar-refractivity contribution < 1.29 is 9.53 Å². The maximum absolute atomic E-state index is 12.5. The molecule has 0 aliphatic rings. The third-order valence-corrected chi connectivity index (χ3v) is 4.27. The number of hydrogen-bond acceptors (Lipinski definition) is 4. The maximum atomic E-state index is 12.5. The lowest BCUT2D eigenvalue weighted by Gasteiger charge is -2.25. The van der Waals surface area contributed by atoms with Gasteiger partial charge in [-0.1, -0.05) is 30.3 Å². The predicted octanol–water partition coefficient (Wildman–Crippen LogP) is 2.60. The van der Waals surface area contributed by atoms with E-state index in [1.807, 2.05) is 62.6 Å². The zero-order valence-corrected chi connectivity index (χ0v) is 14.6. The lowest BCUT2D eigenvalue weighted by atomic mass is 10.1. The minimum atomic E-state index is -0.183. The van der Waals surface area contributed by atoms with Crippen molar-refractivity contribution in [1.29, 1.82) is 0 Å². The lowest BCUT2D eigenvalue weighted by molar-refractivity contribution is 0.0938. The molecule has 25 heavy (non-hydrogen) atoms. The highest BCUT2D eigenvalue weighted by Gasteiger charge is 2.18. The van der Waals surface area contributed by atoms with E-state index in [1.54, 1.807) is 7.11 Å². The highest BCUT2D eigenvalue weighted by Crippen LogP contribution is 2.21. The summed E-state index contributed by atoms with van der Waals surface area (Å²) in [7, 11) is 5.63. The van der Waals surface area contributed by atoms with Crippen LogP contribution >= 0.6 is 0 Å². The third-order valence-electron chi connectivity index (χ3n) is 4.27. The van der Waals surface area contributed by atoms with Crippen LogP contribution in [0.3, 0.4) is 0 Å². The van der Waals surface area contributed by atoms with Crippen LogP contribution in [0, 0.1) is 0 Å². The molecule has 0 bridgehead atoms. The summed E-state index contributed by atoms with van der Waals surface area (Å²) in [4.78, 5) is 14.6. The van der Waals surface area contributed by atoms with Gasteiger partial charge < -0.3 is 15.0 Å². The Balaban J connectivity index is 1.73. The van der Waals surface area contributed by atoms with Crippen molar-refractivity contribution >= 4 is 16.8 Å². The summed E-state index contributed by atoms with van der Waals surface area (Å²) in [5.74, 6) is 0.631. The molecule has 3 aromatic rings. The highest BCUT2D eigenvalue weighted by molar-refractivity contribution is 6.04. The quantitative estimate of drug-likeness (QED) is 0.725. The number of para-hydroxylation sites is 1. The van der Waals surface area contributed by atoms with Crippen LogP contribution in [-0.4, -0.2) is 48.8 Å². The fourth-order valence-corrected chi connectivity index (χ4v) is 2.83. The van der Waals surface area contributed by atoms with Crippen LogP contribution in [-0.2, 0) is 0 Å². The molecule has 1 amide bonds. The van der Waals surface area contributed by atoms with E-state index in [1.165, 1.54) is 0 Å².